The molecule has 1 heterocycles. The number of carboxylic acid groups (broad SMARTS) is 2. The van der Waals surface area contributed by atoms with Gasteiger partial charge in [-0.3, -0.25) is 9.80 Å². The quantitative estimate of drug-likeness (QED) is 0.112. The number of carbonyl (C=O) groups is 2. The molecule has 1 atom stereocenters. The summed E-state index contributed by atoms with van der Waals surface area (Å²) in [4.78, 5) is 27.5. The van der Waals surface area contributed by atoms with Gasteiger partial charge in [-0.1, -0.05) is 60.1 Å². The summed E-state index contributed by atoms with van der Waals surface area (Å²) in [5, 5.41) is 20.0. The maximum Gasteiger partial charge on any atom is 0.421 e. The van der Waals surface area contributed by atoms with E-state index in [0.29, 0.717) is 38.2 Å². The molecule has 4 rings (SSSR count). The normalized spacial score (nSPS) is 14.9. The number of benzene rings is 3. The Morgan fingerprint density at radius 1 is 0.927 bits per heavy atom. The number of hydrogen-bond donors (Lipinski definition) is 3. The van der Waals surface area contributed by atoms with Crippen LogP contribution in [0.1, 0.15) is 45.9 Å². The third kappa shape index (κ3) is 8.68. The Labute approximate surface area is 245 Å². The summed E-state index contributed by atoms with van der Waals surface area (Å²) in [5.74, 6) is 4.70. The van der Waals surface area contributed by atoms with Crippen molar-refractivity contribution in [2.24, 2.45) is 5.84 Å². The molecular formula is C31H37ClN4O5. The molecule has 4 N–H and O–H groups in total. The number of nitrogens with two attached hydrogens (primary N) is 1. The number of aryl methyl sites for hydroxylation is 1. The molecule has 3 aromatic carbocycles. The van der Waals surface area contributed by atoms with E-state index in [1.54, 1.807) is 12.1 Å². The number of aromatic carboxylic acids is 1. The van der Waals surface area contributed by atoms with Crippen LogP contribution in [-0.2, 0) is 6.42 Å². The second kappa shape index (κ2) is 14.8. The van der Waals surface area contributed by atoms with Gasteiger partial charge in [0.05, 0.1) is 6.04 Å². The van der Waals surface area contributed by atoms with E-state index in [-0.39, 0.29) is 18.2 Å². The molecule has 1 aliphatic rings. The summed E-state index contributed by atoms with van der Waals surface area (Å²) >= 11 is 6.15. The summed E-state index contributed by atoms with van der Waals surface area (Å²) in [6.07, 6.45) is 0.728. The van der Waals surface area contributed by atoms with Crippen molar-refractivity contribution in [3.8, 4) is 5.75 Å². The highest BCUT2D eigenvalue weighted by molar-refractivity contribution is 6.30. The van der Waals surface area contributed by atoms with Crippen LogP contribution in [0.3, 0.4) is 0 Å². The zero-order chi connectivity index (χ0) is 29.2. The maximum atomic E-state index is 11.9. The van der Waals surface area contributed by atoms with E-state index in [9.17, 15) is 14.7 Å². The lowest BCUT2D eigenvalue weighted by molar-refractivity contribution is 0.0689. The molecular weight excluding hydrogens is 544 g/mol. The largest absolute Gasteiger partial charge is 0.491 e. The molecule has 3 aromatic rings. The van der Waals surface area contributed by atoms with Gasteiger partial charge in [0.15, 0.2) is 0 Å². The second-order valence-corrected chi connectivity index (χ2v) is 10.6. The number of piperazine rings is 1. The molecule has 0 radical (unpaired) electrons. The minimum atomic E-state index is -1.17. The average molecular weight is 581 g/mol. The van der Waals surface area contributed by atoms with Crippen LogP contribution in [0.15, 0.2) is 72.8 Å². The lowest BCUT2D eigenvalue weighted by atomic mass is 9.96. The Balaban J connectivity index is 1.28. The molecule has 10 heteroatoms. The molecule has 1 saturated heterocycles. The van der Waals surface area contributed by atoms with E-state index in [1.165, 1.54) is 11.1 Å². The van der Waals surface area contributed by atoms with Crippen LogP contribution in [-0.4, -0.2) is 83.0 Å². The van der Waals surface area contributed by atoms with E-state index in [0.717, 1.165) is 41.8 Å². The zero-order valence-electron chi connectivity index (χ0n) is 23.0. The summed E-state index contributed by atoms with van der Waals surface area (Å²) in [7, 11) is 0. The summed E-state index contributed by atoms with van der Waals surface area (Å²) in [6.45, 7) is 4.87. The number of hydrogen-bond acceptors (Lipinski definition) is 6. The number of unbranched alkanes of at least 4 members (excludes halogenated alkanes) is 1. The van der Waals surface area contributed by atoms with Gasteiger partial charge in [-0.15, -0.1) is 0 Å². The van der Waals surface area contributed by atoms with Gasteiger partial charge in [0.1, 0.15) is 17.9 Å². The molecule has 218 valence electrons. The molecule has 1 aliphatic heterocycles. The van der Waals surface area contributed by atoms with Crippen LogP contribution in [0, 0.1) is 0 Å². The van der Waals surface area contributed by atoms with Crippen LogP contribution in [0.2, 0.25) is 5.02 Å². The lowest BCUT2D eigenvalue weighted by Gasteiger charge is -2.39. The Morgan fingerprint density at radius 3 is 2.27 bits per heavy atom. The first-order valence-electron chi connectivity index (χ1n) is 13.8. The van der Waals surface area contributed by atoms with E-state index >= 15 is 0 Å². The third-order valence-electron chi connectivity index (χ3n) is 7.37. The van der Waals surface area contributed by atoms with Gasteiger partial charge in [-0.05, 0) is 60.2 Å². The number of halogens is 1. The number of carboxylic acids is 1. The highest BCUT2D eigenvalue weighted by Gasteiger charge is 2.26. The lowest BCUT2D eigenvalue weighted by Crippen LogP contribution is -2.48. The molecule has 0 saturated carbocycles. The standard InChI is InChI=1S/C31H37ClN4O5/c32-26-12-10-25(11-13-26)29(24-7-2-1-3-8-24)35-18-16-34(17-19-35)20-21-41-28-14-9-23(22-27(28)30(37)38)6-4-5-15-36(33)31(39)40/h1-3,7-14,22,29H,4-6,15-21,33H2,(H,37,38)(H,39,40). The van der Waals surface area contributed by atoms with Crippen molar-refractivity contribution in [2.75, 3.05) is 45.9 Å². The van der Waals surface area contributed by atoms with E-state index < -0.39 is 12.1 Å². The van der Waals surface area contributed by atoms with Gasteiger partial charge >= 0.3 is 12.1 Å². The fraction of sp³-hybridized carbons (Fsp3) is 0.355. The van der Waals surface area contributed by atoms with Crippen LogP contribution >= 0.6 is 11.6 Å². The number of hydrazine groups is 1. The molecule has 0 bridgehead atoms. The second-order valence-electron chi connectivity index (χ2n) is 10.2. The molecule has 1 unspecified atom stereocenters. The van der Waals surface area contributed by atoms with E-state index in [4.69, 9.17) is 27.3 Å². The smallest absolute Gasteiger partial charge is 0.421 e. The first kappa shape index (κ1) is 30.3. The maximum absolute atomic E-state index is 11.9. The van der Waals surface area contributed by atoms with Crippen LogP contribution in [0.25, 0.3) is 0 Å². The Bertz CT molecular complexity index is 1280. The fourth-order valence-corrected chi connectivity index (χ4v) is 5.28. The van der Waals surface area contributed by atoms with Crippen molar-refractivity contribution < 1.29 is 24.5 Å². The Hall–Kier alpha value is -3.63. The summed E-state index contributed by atoms with van der Waals surface area (Å²) < 4.78 is 5.93. The number of ether oxygens (including phenoxy) is 1. The molecule has 1 fully saturated rings. The summed E-state index contributed by atoms with van der Waals surface area (Å²) in [5.41, 5.74) is 3.45. The molecule has 9 nitrogen and oxygen atoms in total. The van der Waals surface area contributed by atoms with Crippen molar-refractivity contribution >= 4 is 23.7 Å². The molecule has 0 spiro atoms. The van der Waals surface area contributed by atoms with Crippen molar-refractivity contribution in [1.29, 1.82) is 0 Å². The van der Waals surface area contributed by atoms with Crippen LogP contribution in [0.5, 0.6) is 5.75 Å². The molecule has 0 aliphatic carbocycles. The SMILES string of the molecule is NN(CCCCc1ccc(OCCN2CCN(C(c3ccccc3)c3ccc(Cl)cc3)CC2)c(C(=O)O)c1)C(=O)O. The fourth-order valence-electron chi connectivity index (χ4n) is 5.16. The number of rotatable bonds is 13. The Morgan fingerprint density at radius 2 is 1.61 bits per heavy atom. The van der Waals surface area contributed by atoms with Gasteiger partial charge in [0.25, 0.3) is 0 Å². The summed E-state index contributed by atoms with van der Waals surface area (Å²) in [6, 6.07) is 23.9. The minimum absolute atomic E-state index is 0.131. The first-order chi connectivity index (χ1) is 19.8. The number of amides is 1. The number of nitrogens with zero attached hydrogens (tertiary/aromatic N) is 3. The molecule has 41 heavy (non-hydrogen) atoms. The van der Waals surface area contributed by atoms with Crippen molar-refractivity contribution in [3.05, 3.63) is 100 Å². The van der Waals surface area contributed by atoms with E-state index in [2.05, 4.69) is 46.2 Å². The average Bonchev–Trinajstić information content (AvgIpc) is 2.98. The highest BCUT2D eigenvalue weighted by Crippen LogP contribution is 2.30. The van der Waals surface area contributed by atoms with Gasteiger partial charge in [0, 0.05) is 44.3 Å². The van der Waals surface area contributed by atoms with E-state index in [1.807, 2.05) is 24.3 Å². The monoisotopic (exact) mass is 580 g/mol. The van der Waals surface area contributed by atoms with Gasteiger partial charge in [-0.2, -0.15) is 0 Å². The van der Waals surface area contributed by atoms with Gasteiger partial charge in [0.2, 0.25) is 0 Å². The van der Waals surface area contributed by atoms with Crippen molar-refractivity contribution in [2.45, 2.75) is 25.3 Å². The van der Waals surface area contributed by atoms with Crippen molar-refractivity contribution in [3.63, 3.8) is 0 Å². The van der Waals surface area contributed by atoms with Crippen LogP contribution in [0.4, 0.5) is 4.79 Å². The zero-order valence-corrected chi connectivity index (χ0v) is 23.7. The minimum Gasteiger partial charge on any atom is -0.491 e. The van der Waals surface area contributed by atoms with Crippen LogP contribution < -0.4 is 10.6 Å². The Kier molecular flexibility index (Phi) is 11.0. The highest BCUT2D eigenvalue weighted by atomic mass is 35.5. The predicted octanol–water partition coefficient (Wildman–Crippen LogP) is 5.00. The van der Waals surface area contributed by atoms with Gasteiger partial charge < -0.3 is 14.9 Å². The predicted molar refractivity (Wildman–Crippen MR) is 159 cm³/mol. The third-order valence-corrected chi connectivity index (χ3v) is 7.62. The molecule has 0 aromatic heterocycles. The van der Waals surface area contributed by atoms with Gasteiger partial charge in [-0.25, -0.2) is 20.4 Å². The topological polar surface area (TPSA) is 120 Å². The van der Waals surface area contributed by atoms with Crippen molar-refractivity contribution in [1.82, 2.24) is 14.8 Å². The first-order valence-corrected chi connectivity index (χ1v) is 14.2. The molecule has 1 amide bonds.